The summed E-state index contributed by atoms with van der Waals surface area (Å²) in [7, 11) is 0. The highest BCUT2D eigenvalue weighted by Gasteiger charge is 2.37. The van der Waals surface area contributed by atoms with Gasteiger partial charge in [-0.2, -0.15) is 5.26 Å². The number of hydrogen-bond acceptors (Lipinski definition) is 6. The molecule has 0 bridgehead atoms. The molecule has 34 heavy (non-hydrogen) atoms. The summed E-state index contributed by atoms with van der Waals surface area (Å²) in [5, 5.41) is 9.92. The van der Waals surface area contributed by atoms with E-state index >= 15 is 0 Å². The minimum atomic E-state index is -0.623. The summed E-state index contributed by atoms with van der Waals surface area (Å²) in [5.74, 6) is -1.13. The molecular formula is C26H23N3O4S. The maximum atomic E-state index is 12.9. The number of amides is 2. The summed E-state index contributed by atoms with van der Waals surface area (Å²) in [4.78, 5) is 38.6. The molecule has 0 radical (unpaired) electrons. The largest absolute Gasteiger partial charge is 0.462 e. The fraction of sp³-hybridized carbons (Fsp3) is 0.231. The van der Waals surface area contributed by atoms with E-state index in [9.17, 15) is 19.6 Å². The lowest BCUT2D eigenvalue weighted by atomic mass is 10.1. The molecule has 0 N–H and O–H groups in total. The van der Waals surface area contributed by atoms with Crippen molar-refractivity contribution >= 4 is 45.9 Å². The molecule has 1 aliphatic heterocycles. The number of benzene rings is 2. The van der Waals surface area contributed by atoms with Gasteiger partial charge in [0.15, 0.2) is 0 Å². The zero-order valence-electron chi connectivity index (χ0n) is 19.1. The van der Waals surface area contributed by atoms with Crippen molar-refractivity contribution in [1.29, 1.82) is 5.26 Å². The van der Waals surface area contributed by atoms with Gasteiger partial charge in [0.2, 0.25) is 0 Å². The Morgan fingerprint density at radius 2 is 1.85 bits per heavy atom. The van der Waals surface area contributed by atoms with E-state index in [1.54, 1.807) is 26.0 Å². The van der Waals surface area contributed by atoms with Gasteiger partial charge in [-0.15, -0.1) is 0 Å². The summed E-state index contributed by atoms with van der Waals surface area (Å²) in [5.41, 5.74) is 4.18. The van der Waals surface area contributed by atoms with E-state index < -0.39 is 23.7 Å². The van der Waals surface area contributed by atoms with Crippen LogP contribution in [0.15, 0.2) is 53.4 Å². The van der Waals surface area contributed by atoms with Crippen molar-refractivity contribution in [2.45, 2.75) is 33.4 Å². The summed E-state index contributed by atoms with van der Waals surface area (Å²) < 4.78 is 7.18. The van der Waals surface area contributed by atoms with Crippen molar-refractivity contribution in [2.75, 3.05) is 6.54 Å². The van der Waals surface area contributed by atoms with Crippen LogP contribution in [0.2, 0.25) is 0 Å². The van der Waals surface area contributed by atoms with Gasteiger partial charge >= 0.3 is 5.97 Å². The Kier molecular flexibility index (Phi) is 6.57. The average molecular weight is 474 g/mol. The number of nitrogens with zero attached hydrogens (tertiary/aromatic N) is 3. The Labute approximate surface area is 201 Å². The van der Waals surface area contributed by atoms with E-state index in [4.69, 9.17) is 4.74 Å². The molecule has 2 aromatic carbocycles. The molecule has 7 nitrogen and oxygen atoms in total. The SMILES string of the molecule is Cc1c(/C=C2\SC(=O)N(CC(=O)OC(C)C)C2=O)c2ccccc2n1Cc1ccccc1C#N. The van der Waals surface area contributed by atoms with Gasteiger partial charge in [-0.3, -0.25) is 19.3 Å². The number of para-hydroxylation sites is 1. The molecule has 0 atom stereocenters. The lowest BCUT2D eigenvalue weighted by molar-refractivity contribution is -0.149. The van der Waals surface area contributed by atoms with Crippen LogP contribution in [0.4, 0.5) is 4.79 Å². The van der Waals surface area contributed by atoms with Crippen molar-refractivity contribution in [3.05, 3.63) is 75.8 Å². The van der Waals surface area contributed by atoms with Gasteiger partial charge < -0.3 is 9.30 Å². The first kappa shape index (κ1) is 23.3. The molecule has 1 fully saturated rings. The number of aromatic nitrogens is 1. The van der Waals surface area contributed by atoms with Gasteiger partial charge in [-0.25, -0.2) is 0 Å². The average Bonchev–Trinajstić information content (AvgIpc) is 3.22. The monoisotopic (exact) mass is 473 g/mol. The van der Waals surface area contributed by atoms with E-state index in [-0.39, 0.29) is 11.0 Å². The molecule has 4 rings (SSSR count). The first-order valence-electron chi connectivity index (χ1n) is 10.8. The van der Waals surface area contributed by atoms with E-state index in [0.29, 0.717) is 12.1 Å². The molecule has 0 saturated carbocycles. The van der Waals surface area contributed by atoms with E-state index in [1.165, 1.54) is 0 Å². The first-order valence-corrected chi connectivity index (χ1v) is 11.6. The van der Waals surface area contributed by atoms with Gasteiger partial charge in [0, 0.05) is 28.7 Å². The topological polar surface area (TPSA) is 92.4 Å². The third-order valence-electron chi connectivity index (χ3n) is 5.55. The van der Waals surface area contributed by atoms with Gasteiger partial charge in [0.1, 0.15) is 6.54 Å². The van der Waals surface area contributed by atoms with E-state index in [2.05, 4.69) is 10.6 Å². The zero-order chi connectivity index (χ0) is 24.4. The van der Waals surface area contributed by atoms with Crippen molar-refractivity contribution in [1.82, 2.24) is 9.47 Å². The van der Waals surface area contributed by atoms with Crippen LogP contribution in [-0.2, 0) is 20.9 Å². The molecule has 172 valence electrons. The molecule has 2 heterocycles. The molecule has 8 heteroatoms. The normalized spacial score (nSPS) is 14.9. The maximum absolute atomic E-state index is 12.9. The molecular weight excluding hydrogens is 450 g/mol. The smallest absolute Gasteiger partial charge is 0.326 e. The second kappa shape index (κ2) is 9.57. The number of carbonyl (C=O) groups is 3. The summed E-state index contributed by atoms with van der Waals surface area (Å²) in [6, 6.07) is 17.5. The number of thioether (sulfide) groups is 1. The standard InChI is InChI=1S/C26H23N3O4S/c1-16(2)33-24(30)15-29-25(31)23(34-26(29)32)12-21-17(3)28(22-11-7-6-10-20(21)22)14-19-9-5-4-8-18(19)13-27/h4-12,16H,14-15H2,1-3H3/b23-12-. The predicted octanol–water partition coefficient (Wildman–Crippen LogP) is 4.86. The second-order valence-electron chi connectivity index (χ2n) is 8.18. The Morgan fingerprint density at radius 1 is 1.15 bits per heavy atom. The Bertz CT molecular complexity index is 1380. The highest BCUT2D eigenvalue weighted by Crippen LogP contribution is 2.36. The summed E-state index contributed by atoms with van der Waals surface area (Å²) in [6.45, 7) is 5.45. The molecule has 0 spiro atoms. The number of esters is 1. The van der Waals surface area contributed by atoms with Crippen LogP contribution in [0.25, 0.3) is 17.0 Å². The van der Waals surface area contributed by atoms with Crippen LogP contribution in [0, 0.1) is 18.3 Å². The molecule has 1 saturated heterocycles. The lowest BCUT2D eigenvalue weighted by Gasteiger charge is -2.13. The summed E-state index contributed by atoms with van der Waals surface area (Å²) >= 11 is 0.813. The Hall–Kier alpha value is -3.83. The minimum absolute atomic E-state index is 0.255. The van der Waals surface area contributed by atoms with Crippen LogP contribution < -0.4 is 0 Å². The Balaban J connectivity index is 1.71. The number of imide groups is 1. The number of ether oxygens (including phenoxy) is 1. The van der Waals surface area contributed by atoms with Crippen LogP contribution >= 0.6 is 11.8 Å². The first-order chi connectivity index (χ1) is 16.3. The van der Waals surface area contributed by atoms with Crippen molar-refractivity contribution in [3.63, 3.8) is 0 Å². The number of carbonyl (C=O) groups excluding carboxylic acids is 3. The van der Waals surface area contributed by atoms with Crippen molar-refractivity contribution in [2.24, 2.45) is 0 Å². The van der Waals surface area contributed by atoms with Gasteiger partial charge in [0.25, 0.3) is 11.1 Å². The Morgan fingerprint density at radius 3 is 2.59 bits per heavy atom. The minimum Gasteiger partial charge on any atom is -0.462 e. The molecule has 0 unspecified atom stereocenters. The fourth-order valence-electron chi connectivity index (χ4n) is 3.98. The van der Waals surface area contributed by atoms with Crippen LogP contribution in [-0.4, -0.2) is 39.2 Å². The lowest BCUT2D eigenvalue weighted by Crippen LogP contribution is -2.35. The van der Waals surface area contributed by atoms with Crippen LogP contribution in [0.5, 0.6) is 0 Å². The van der Waals surface area contributed by atoms with Crippen LogP contribution in [0.3, 0.4) is 0 Å². The van der Waals surface area contributed by atoms with Crippen LogP contribution in [0.1, 0.15) is 36.2 Å². The number of fused-ring (bicyclic) bond motifs is 1. The predicted molar refractivity (Wildman–Crippen MR) is 131 cm³/mol. The third kappa shape index (κ3) is 4.47. The highest BCUT2D eigenvalue weighted by molar-refractivity contribution is 8.18. The molecule has 2 amide bonds. The quantitative estimate of drug-likeness (QED) is 0.375. The zero-order valence-corrected chi connectivity index (χ0v) is 19.9. The van der Waals surface area contributed by atoms with E-state index in [1.807, 2.05) is 49.4 Å². The van der Waals surface area contributed by atoms with Gasteiger partial charge in [-0.05, 0) is 56.3 Å². The second-order valence-corrected chi connectivity index (χ2v) is 9.17. The third-order valence-corrected chi connectivity index (χ3v) is 6.46. The molecule has 0 aliphatic carbocycles. The number of rotatable bonds is 6. The maximum Gasteiger partial charge on any atom is 0.326 e. The number of nitriles is 1. The summed E-state index contributed by atoms with van der Waals surface area (Å²) in [6.07, 6.45) is 1.38. The van der Waals surface area contributed by atoms with E-state index in [0.717, 1.165) is 44.4 Å². The fourth-order valence-corrected chi connectivity index (χ4v) is 4.80. The van der Waals surface area contributed by atoms with Crippen molar-refractivity contribution < 1.29 is 19.1 Å². The highest BCUT2D eigenvalue weighted by atomic mass is 32.2. The molecule has 1 aliphatic rings. The van der Waals surface area contributed by atoms with Crippen molar-refractivity contribution in [3.8, 4) is 6.07 Å². The molecule has 3 aromatic rings. The van der Waals surface area contributed by atoms with Gasteiger partial charge in [-0.1, -0.05) is 36.4 Å². The number of hydrogen-bond donors (Lipinski definition) is 0. The van der Waals surface area contributed by atoms with Gasteiger partial charge in [0.05, 0.1) is 22.6 Å². The molecule has 1 aromatic heterocycles.